The third-order valence-electron chi connectivity index (χ3n) is 2.15. The maximum atomic E-state index is 4.43. The minimum atomic E-state index is 0.672. The number of aromatic nitrogens is 2. The lowest BCUT2D eigenvalue weighted by Crippen LogP contribution is -2.20. The van der Waals surface area contributed by atoms with Gasteiger partial charge in [-0.05, 0) is 11.6 Å². The Bertz CT molecular complexity index is 485. The molecule has 0 amide bonds. The fraction of sp³-hybridized carbons (Fsp3) is 0.167. The van der Waals surface area contributed by atoms with Crippen molar-refractivity contribution in [1.29, 1.82) is 0 Å². The molecule has 3 nitrogen and oxygen atoms in total. The Morgan fingerprint density at radius 2 is 2.00 bits per heavy atom. The molecule has 0 atom stereocenters. The summed E-state index contributed by atoms with van der Waals surface area (Å²) in [5.41, 5.74) is 1.95. The lowest BCUT2D eigenvalue weighted by Gasteiger charge is -1.98. The largest absolute Gasteiger partial charge is 0.321 e. The molecule has 0 N–H and O–H groups in total. The zero-order valence-electron chi connectivity index (χ0n) is 8.67. The average molecular weight is 199 g/mol. The van der Waals surface area contributed by atoms with Crippen molar-refractivity contribution in [2.24, 2.45) is 12.0 Å². The number of aryl methyl sites for hydroxylation is 1. The summed E-state index contributed by atoms with van der Waals surface area (Å²) >= 11 is 0. The van der Waals surface area contributed by atoms with Gasteiger partial charge in [-0.15, -0.1) is 0 Å². The Kier molecular flexibility index (Phi) is 2.93. The van der Waals surface area contributed by atoms with E-state index in [1.807, 2.05) is 42.1 Å². The second-order valence-electron chi connectivity index (χ2n) is 3.33. The van der Waals surface area contributed by atoms with E-state index >= 15 is 0 Å². The van der Waals surface area contributed by atoms with E-state index in [-0.39, 0.29) is 0 Å². The van der Waals surface area contributed by atoms with Crippen molar-refractivity contribution >= 4 is 0 Å². The van der Waals surface area contributed by atoms with Crippen LogP contribution in [0.4, 0.5) is 0 Å². The summed E-state index contributed by atoms with van der Waals surface area (Å²) in [5, 5.41) is 0. The molecule has 1 heterocycles. The summed E-state index contributed by atoms with van der Waals surface area (Å²) in [6.07, 6.45) is 3.70. The molecule has 0 saturated heterocycles. The molecule has 15 heavy (non-hydrogen) atoms. The van der Waals surface area contributed by atoms with E-state index in [4.69, 9.17) is 0 Å². The molecule has 1 aromatic heterocycles. The summed E-state index contributed by atoms with van der Waals surface area (Å²) in [6, 6.07) is 12.1. The first-order chi connectivity index (χ1) is 7.36. The predicted octanol–water partition coefficient (Wildman–Crippen LogP) is 1.52. The highest BCUT2D eigenvalue weighted by Gasteiger charge is 1.89. The van der Waals surface area contributed by atoms with Gasteiger partial charge < -0.3 is 4.57 Å². The minimum absolute atomic E-state index is 0.672. The molecule has 2 rings (SSSR count). The van der Waals surface area contributed by atoms with Crippen LogP contribution in [0.25, 0.3) is 0 Å². The van der Waals surface area contributed by atoms with Crippen LogP contribution < -0.4 is 5.62 Å². The molecule has 0 saturated carbocycles. The summed E-state index contributed by atoms with van der Waals surface area (Å²) in [4.78, 5) is 8.62. The first-order valence-corrected chi connectivity index (χ1v) is 4.88. The van der Waals surface area contributed by atoms with E-state index < -0.39 is 0 Å². The molecule has 0 spiro atoms. The third-order valence-corrected chi connectivity index (χ3v) is 2.15. The maximum Gasteiger partial charge on any atom is 0.224 e. The highest BCUT2D eigenvalue weighted by molar-refractivity contribution is 5.14. The minimum Gasteiger partial charge on any atom is -0.321 e. The van der Waals surface area contributed by atoms with Crippen LogP contribution >= 0.6 is 0 Å². The summed E-state index contributed by atoms with van der Waals surface area (Å²) in [5.74, 6) is 0. The van der Waals surface area contributed by atoms with Crippen LogP contribution in [0, 0.1) is 0 Å². The van der Waals surface area contributed by atoms with Gasteiger partial charge in [0.1, 0.15) is 0 Å². The highest BCUT2D eigenvalue weighted by Crippen LogP contribution is 1.98. The van der Waals surface area contributed by atoms with E-state index in [1.54, 1.807) is 6.20 Å². The van der Waals surface area contributed by atoms with E-state index in [1.165, 1.54) is 5.56 Å². The number of nitrogens with zero attached hydrogens (tertiary/aromatic N) is 3. The standard InChI is InChI=1S/C12H13N3/c1-15-9-5-8-13-12(15)14-10-11-6-3-2-4-7-11/h2-9H,10H2,1H3. The lowest BCUT2D eigenvalue weighted by molar-refractivity contribution is 0.751. The monoisotopic (exact) mass is 199 g/mol. The second kappa shape index (κ2) is 4.55. The molecular weight excluding hydrogens is 186 g/mol. The number of hydrogen-bond donors (Lipinski definition) is 0. The number of rotatable bonds is 2. The predicted molar refractivity (Wildman–Crippen MR) is 58.9 cm³/mol. The fourth-order valence-corrected chi connectivity index (χ4v) is 1.33. The molecule has 0 aliphatic rings. The van der Waals surface area contributed by atoms with Crippen LogP contribution in [0.2, 0.25) is 0 Å². The Morgan fingerprint density at radius 3 is 2.73 bits per heavy atom. The van der Waals surface area contributed by atoms with Crippen molar-refractivity contribution in [1.82, 2.24) is 9.55 Å². The van der Waals surface area contributed by atoms with Crippen molar-refractivity contribution in [3.63, 3.8) is 0 Å². The van der Waals surface area contributed by atoms with Crippen LogP contribution in [0.1, 0.15) is 5.56 Å². The zero-order chi connectivity index (χ0) is 10.5. The van der Waals surface area contributed by atoms with Gasteiger partial charge in [0.25, 0.3) is 0 Å². The molecule has 76 valence electrons. The maximum absolute atomic E-state index is 4.43. The molecule has 0 unspecified atom stereocenters. The van der Waals surface area contributed by atoms with Crippen molar-refractivity contribution in [2.45, 2.75) is 6.54 Å². The van der Waals surface area contributed by atoms with E-state index in [2.05, 4.69) is 22.1 Å². The number of benzene rings is 1. The Hall–Kier alpha value is -1.90. The Labute approximate surface area is 88.8 Å². The first-order valence-electron chi connectivity index (χ1n) is 4.88. The van der Waals surface area contributed by atoms with Crippen LogP contribution in [0.5, 0.6) is 0 Å². The topological polar surface area (TPSA) is 30.2 Å². The fourth-order valence-electron chi connectivity index (χ4n) is 1.33. The van der Waals surface area contributed by atoms with Crippen LogP contribution in [-0.2, 0) is 13.6 Å². The van der Waals surface area contributed by atoms with Crippen LogP contribution in [0.15, 0.2) is 53.8 Å². The highest BCUT2D eigenvalue weighted by atomic mass is 15.1. The third kappa shape index (κ3) is 2.53. The van der Waals surface area contributed by atoms with Gasteiger partial charge in [0.05, 0.1) is 6.54 Å². The molecule has 0 aliphatic heterocycles. The number of hydrogen-bond acceptors (Lipinski definition) is 2. The molecule has 0 radical (unpaired) electrons. The lowest BCUT2D eigenvalue weighted by atomic mass is 10.2. The molecule has 0 fully saturated rings. The van der Waals surface area contributed by atoms with Gasteiger partial charge in [-0.3, -0.25) is 0 Å². The van der Waals surface area contributed by atoms with Gasteiger partial charge >= 0.3 is 0 Å². The molecule has 3 heteroatoms. The van der Waals surface area contributed by atoms with Crippen molar-refractivity contribution in [2.75, 3.05) is 0 Å². The van der Waals surface area contributed by atoms with Gasteiger partial charge in [-0.1, -0.05) is 30.3 Å². The smallest absolute Gasteiger partial charge is 0.224 e. The average Bonchev–Trinajstić information content (AvgIpc) is 2.29. The van der Waals surface area contributed by atoms with Gasteiger partial charge in [0.15, 0.2) is 0 Å². The SMILES string of the molecule is Cn1cccnc1=NCc1ccccc1. The van der Waals surface area contributed by atoms with Crippen LogP contribution in [-0.4, -0.2) is 9.55 Å². The van der Waals surface area contributed by atoms with Gasteiger partial charge in [0.2, 0.25) is 5.62 Å². The van der Waals surface area contributed by atoms with Gasteiger partial charge in [-0.25, -0.2) is 9.98 Å². The van der Waals surface area contributed by atoms with E-state index in [0.29, 0.717) is 6.54 Å². The second-order valence-corrected chi connectivity index (χ2v) is 3.33. The Balaban J connectivity index is 2.23. The Morgan fingerprint density at radius 1 is 1.20 bits per heavy atom. The summed E-state index contributed by atoms with van der Waals surface area (Å²) in [7, 11) is 1.94. The van der Waals surface area contributed by atoms with E-state index in [9.17, 15) is 0 Å². The van der Waals surface area contributed by atoms with Crippen molar-refractivity contribution in [3.8, 4) is 0 Å². The zero-order valence-corrected chi connectivity index (χ0v) is 8.67. The van der Waals surface area contributed by atoms with Crippen LogP contribution in [0.3, 0.4) is 0 Å². The molecule has 2 aromatic rings. The molecule has 1 aromatic carbocycles. The first kappa shape index (κ1) is 9.65. The van der Waals surface area contributed by atoms with Crippen molar-refractivity contribution < 1.29 is 0 Å². The molecular formula is C12H13N3. The van der Waals surface area contributed by atoms with Gasteiger partial charge in [-0.2, -0.15) is 0 Å². The molecule has 0 aliphatic carbocycles. The normalized spacial score (nSPS) is 11.7. The van der Waals surface area contributed by atoms with Gasteiger partial charge in [0, 0.05) is 19.4 Å². The van der Waals surface area contributed by atoms with E-state index in [0.717, 1.165) is 5.62 Å². The quantitative estimate of drug-likeness (QED) is 0.721. The van der Waals surface area contributed by atoms with Crippen molar-refractivity contribution in [3.05, 3.63) is 60.0 Å². The summed E-state index contributed by atoms with van der Waals surface area (Å²) in [6.45, 7) is 0.672. The molecule has 0 bridgehead atoms. The summed E-state index contributed by atoms with van der Waals surface area (Å²) < 4.78 is 1.91.